The average molecular weight is 335 g/mol. The SMILES string of the molecule is Cc1nc2c(Cl)cc(Cl)cn2c1C(=O)NCc1ccccn1. The third kappa shape index (κ3) is 2.77. The number of nitrogens with one attached hydrogen (secondary N) is 1. The molecule has 0 radical (unpaired) electrons. The summed E-state index contributed by atoms with van der Waals surface area (Å²) in [5.41, 5.74) is 2.28. The van der Waals surface area contributed by atoms with Crippen LogP contribution in [0, 0.1) is 6.92 Å². The lowest BCUT2D eigenvalue weighted by molar-refractivity contribution is 0.0944. The van der Waals surface area contributed by atoms with Gasteiger partial charge in [0.15, 0.2) is 5.65 Å². The van der Waals surface area contributed by atoms with Gasteiger partial charge in [-0.2, -0.15) is 0 Å². The highest BCUT2D eigenvalue weighted by Crippen LogP contribution is 2.24. The molecule has 0 saturated carbocycles. The van der Waals surface area contributed by atoms with E-state index >= 15 is 0 Å². The zero-order valence-corrected chi connectivity index (χ0v) is 13.2. The molecule has 0 aliphatic rings. The van der Waals surface area contributed by atoms with Gasteiger partial charge in [0.25, 0.3) is 5.91 Å². The molecule has 0 aliphatic carbocycles. The molecule has 1 N–H and O–H groups in total. The number of aryl methyl sites for hydroxylation is 1. The summed E-state index contributed by atoms with van der Waals surface area (Å²) in [5.74, 6) is -0.256. The molecule has 0 saturated heterocycles. The first-order valence-electron chi connectivity index (χ1n) is 6.58. The fourth-order valence-corrected chi connectivity index (χ4v) is 2.73. The van der Waals surface area contributed by atoms with E-state index in [2.05, 4.69) is 15.3 Å². The van der Waals surface area contributed by atoms with Gasteiger partial charge in [0.05, 0.1) is 28.0 Å². The van der Waals surface area contributed by atoms with E-state index in [-0.39, 0.29) is 5.91 Å². The number of carbonyl (C=O) groups excluding carboxylic acids is 1. The van der Waals surface area contributed by atoms with Crippen LogP contribution in [0.15, 0.2) is 36.7 Å². The summed E-state index contributed by atoms with van der Waals surface area (Å²) in [6.07, 6.45) is 3.30. The molecule has 3 heterocycles. The normalized spacial score (nSPS) is 10.9. The van der Waals surface area contributed by atoms with Crippen molar-refractivity contribution in [2.24, 2.45) is 0 Å². The molecule has 3 aromatic rings. The number of pyridine rings is 2. The topological polar surface area (TPSA) is 59.3 Å². The van der Waals surface area contributed by atoms with Crippen LogP contribution in [0.3, 0.4) is 0 Å². The highest BCUT2D eigenvalue weighted by molar-refractivity contribution is 6.36. The van der Waals surface area contributed by atoms with Gasteiger partial charge in [0.2, 0.25) is 0 Å². The molecule has 0 spiro atoms. The highest BCUT2D eigenvalue weighted by atomic mass is 35.5. The molecule has 112 valence electrons. The number of imidazole rings is 1. The molecule has 3 aromatic heterocycles. The van der Waals surface area contributed by atoms with E-state index < -0.39 is 0 Å². The Bertz CT molecular complexity index is 846. The van der Waals surface area contributed by atoms with Crippen LogP contribution in [0.2, 0.25) is 10.0 Å². The lowest BCUT2D eigenvalue weighted by atomic mass is 10.3. The summed E-state index contributed by atoms with van der Waals surface area (Å²) in [4.78, 5) is 20.9. The van der Waals surface area contributed by atoms with Gasteiger partial charge in [-0.3, -0.25) is 14.2 Å². The minimum Gasteiger partial charge on any atom is -0.345 e. The van der Waals surface area contributed by atoms with Crippen molar-refractivity contribution in [3.8, 4) is 0 Å². The van der Waals surface area contributed by atoms with Crippen LogP contribution >= 0.6 is 23.2 Å². The number of nitrogens with zero attached hydrogens (tertiary/aromatic N) is 3. The standard InChI is InChI=1S/C15H12Cl2N4O/c1-9-13(15(22)19-7-11-4-2-3-5-18-11)21-8-10(16)6-12(17)14(21)20-9/h2-6,8H,7H2,1H3,(H,19,22). The molecule has 0 atom stereocenters. The first-order valence-corrected chi connectivity index (χ1v) is 7.33. The van der Waals surface area contributed by atoms with Crippen LogP contribution < -0.4 is 5.32 Å². The van der Waals surface area contributed by atoms with Crippen molar-refractivity contribution in [3.63, 3.8) is 0 Å². The average Bonchev–Trinajstić information content (AvgIpc) is 2.82. The minimum absolute atomic E-state index is 0.256. The fraction of sp³-hybridized carbons (Fsp3) is 0.133. The number of rotatable bonds is 3. The molecular weight excluding hydrogens is 323 g/mol. The largest absolute Gasteiger partial charge is 0.345 e. The Labute approximate surface area is 136 Å². The molecule has 5 nitrogen and oxygen atoms in total. The molecule has 0 bridgehead atoms. The monoisotopic (exact) mass is 334 g/mol. The van der Waals surface area contributed by atoms with E-state index in [0.717, 1.165) is 5.69 Å². The molecule has 0 unspecified atom stereocenters. The van der Waals surface area contributed by atoms with Gasteiger partial charge in [-0.25, -0.2) is 4.98 Å². The predicted molar refractivity (Wildman–Crippen MR) is 85.4 cm³/mol. The zero-order chi connectivity index (χ0) is 15.7. The quantitative estimate of drug-likeness (QED) is 0.799. The summed E-state index contributed by atoms with van der Waals surface area (Å²) in [5, 5.41) is 3.67. The summed E-state index contributed by atoms with van der Waals surface area (Å²) >= 11 is 12.1. The predicted octanol–water partition coefficient (Wildman–Crippen LogP) is 3.27. The number of hydrogen-bond donors (Lipinski definition) is 1. The molecule has 22 heavy (non-hydrogen) atoms. The van der Waals surface area contributed by atoms with Crippen LogP contribution in [0.25, 0.3) is 5.65 Å². The van der Waals surface area contributed by atoms with Gasteiger partial charge in [0, 0.05) is 12.4 Å². The van der Waals surface area contributed by atoms with Gasteiger partial charge >= 0.3 is 0 Å². The van der Waals surface area contributed by atoms with Crippen LogP contribution in [-0.4, -0.2) is 20.3 Å². The highest BCUT2D eigenvalue weighted by Gasteiger charge is 2.18. The Kier molecular flexibility index (Phi) is 4.00. The Hall–Kier alpha value is -2.11. The third-order valence-corrected chi connectivity index (χ3v) is 3.67. The van der Waals surface area contributed by atoms with E-state index in [0.29, 0.717) is 33.6 Å². The van der Waals surface area contributed by atoms with Crippen molar-refractivity contribution in [2.75, 3.05) is 0 Å². The molecule has 1 amide bonds. The number of hydrogen-bond acceptors (Lipinski definition) is 3. The van der Waals surface area contributed by atoms with E-state index in [1.54, 1.807) is 29.8 Å². The first kappa shape index (κ1) is 14.8. The van der Waals surface area contributed by atoms with Crippen molar-refractivity contribution in [2.45, 2.75) is 13.5 Å². The molecule has 7 heteroatoms. The first-order chi connectivity index (χ1) is 10.6. The van der Waals surface area contributed by atoms with Gasteiger partial charge in [-0.05, 0) is 25.1 Å². The number of fused-ring (bicyclic) bond motifs is 1. The third-order valence-electron chi connectivity index (χ3n) is 3.19. The molecule has 0 aromatic carbocycles. The smallest absolute Gasteiger partial charge is 0.270 e. The molecule has 0 aliphatic heterocycles. The second kappa shape index (κ2) is 5.94. The second-order valence-corrected chi connectivity index (χ2v) is 5.59. The van der Waals surface area contributed by atoms with Crippen molar-refractivity contribution >= 4 is 34.8 Å². The van der Waals surface area contributed by atoms with E-state index in [1.165, 1.54) is 0 Å². The van der Waals surface area contributed by atoms with Crippen LogP contribution in [0.5, 0.6) is 0 Å². The maximum atomic E-state index is 12.5. The summed E-state index contributed by atoms with van der Waals surface area (Å²) < 4.78 is 1.60. The lowest BCUT2D eigenvalue weighted by Gasteiger charge is -2.06. The number of aromatic nitrogens is 3. The summed E-state index contributed by atoms with van der Waals surface area (Å²) in [7, 11) is 0. The second-order valence-electron chi connectivity index (χ2n) is 4.75. The van der Waals surface area contributed by atoms with E-state index in [4.69, 9.17) is 23.2 Å². The van der Waals surface area contributed by atoms with E-state index in [9.17, 15) is 4.79 Å². The molecule has 0 fully saturated rings. The van der Waals surface area contributed by atoms with Crippen molar-refractivity contribution in [1.29, 1.82) is 0 Å². The van der Waals surface area contributed by atoms with Crippen molar-refractivity contribution in [3.05, 3.63) is 63.8 Å². The van der Waals surface area contributed by atoms with Crippen LogP contribution in [0.1, 0.15) is 21.9 Å². The lowest BCUT2D eigenvalue weighted by Crippen LogP contribution is -2.25. The van der Waals surface area contributed by atoms with Gasteiger partial charge in [0.1, 0.15) is 5.69 Å². The number of carbonyl (C=O) groups is 1. The van der Waals surface area contributed by atoms with Crippen molar-refractivity contribution < 1.29 is 4.79 Å². The number of halogens is 2. The van der Waals surface area contributed by atoms with Gasteiger partial charge < -0.3 is 5.32 Å². The fourth-order valence-electron chi connectivity index (χ4n) is 2.22. The molecule has 3 rings (SSSR count). The Morgan fingerprint density at radius 2 is 2.18 bits per heavy atom. The van der Waals surface area contributed by atoms with Crippen molar-refractivity contribution in [1.82, 2.24) is 19.7 Å². The summed E-state index contributed by atoms with van der Waals surface area (Å²) in [6.45, 7) is 2.09. The number of amides is 1. The molecular formula is C15H12Cl2N4O. The summed E-state index contributed by atoms with van der Waals surface area (Å²) in [6, 6.07) is 7.13. The zero-order valence-electron chi connectivity index (χ0n) is 11.7. The Morgan fingerprint density at radius 1 is 1.36 bits per heavy atom. The van der Waals surface area contributed by atoms with E-state index in [1.807, 2.05) is 18.2 Å². The van der Waals surface area contributed by atoms with Crippen LogP contribution in [0.4, 0.5) is 0 Å². The van der Waals surface area contributed by atoms with Gasteiger partial charge in [-0.1, -0.05) is 29.3 Å². The van der Waals surface area contributed by atoms with Gasteiger partial charge in [-0.15, -0.1) is 0 Å². The minimum atomic E-state index is -0.256. The Balaban J connectivity index is 1.92. The van der Waals surface area contributed by atoms with Crippen LogP contribution in [-0.2, 0) is 6.54 Å². The maximum Gasteiger partial charge on any atom is 0.270 e. The maximum absolute atomic E-state index is 12.5. The Morgan fingerprint density at radius 3 is 2.91 bits per heavy atom.